The lowest BCUT2D eigenvalue weighted by molar-refractivity contribution is 0.102. The van der Waals surface area contributed by atoms with Crippen molar-refractivity contribution in [3.63, 3.8) is 0 Å². The lowest BCUT2D eigenvalue weighted by Crippen LogP contribution is -2.01. The zero-order chi connectivity index (χ0) is 14.8. The highest BCUT2D eigenvalue weighted by atomic mass is 32.2. The van der Waals surface area contributed by atoms with Crippen molar-refractivity contribution in [1.29, 1.82) is 0 Å². The average Bonchev–Trinajstić information content (AvgIpc) is 3.10. The summed E-state index contributed by atoms with van der Waals surface area (Å²) in [6.07, 6.45) is 2.79. The summed E-state index contributed by atoms with van der Waals surface area (Å²) in [7, 11) is 0. The maximum absolute atomic E-state index is 12.4. The van der Waals surface area contributed by atoms with E-state index in [1.807, 2.05) is 30.6 Å². The van der Waals surface area contributed by atoms with E-state index in [9.17, 15) is 4.79 Å². The van der Waals surface area contributed by atoms with Crippen molar-refractivity contribution in [2.45, 2.75) is 24.6 Å². The summed E-state index contributed by atoms with van der Waals surface area (Å²) in [5.74, 6) is 0.573. The summed E-state index contributed by atoms with van der Waals surface area (Å²) in [6, 6.07) is 6.12. The Labute approximate surface area is 131 Å². The van der Waals surface area contributed by atoms with E-state index in [0.29, 0.717) is 5.75 Å². The molecule has 0 atom stereocenters. The molecule has 2 aromatic heterocycles. The molecule has 21 heavy (non-hydrogen) atoms. The third-order valence-corrected chi connectivity index (χ3v) is 5.55. The first-order valence-corrected chi connectivity index (χ1v) is 8.72. The Morgan fingerprint density at radius 2 is 2.29 bits per heavy atom. The Morgan fingerprint density at radius 1 is 1.43 bits per heavy atom. The van der Waals surface area contributed by atoms with E-state index < -0.39 is 0 Å². The SMILES string of the molecule is CCc1cccc2c(C(=O)CSc3nc(C)cs3)c[nH]c12. The maximum Gasteiger partial charge on any atom is 0.175 e. The minimum atomic E-state index is 0.146. The van der Waals surface area contributed by atoms with E-state index in [1.54, 1.807) is 11.3 Å². The fraction of sp³-hybridized carbons (Fsp3) is 0.250. The van der Waals surface area contributed by atoms with Crippen LogP contribution in [-0.4, -0.2) is 21.5 Å². The number of carbonyl (C=O) groups is 1. The number of ketones is 1. The lowest BCUT2D eigenvalue weighted by atomic mass is 10.1. The fourth-order valence-electron chi connectivity index (χ4n) is 2.35. The number of thiazole rings is 1. The van der Waals surface area contributed by atoms with E-state index in [1.165, 1.54) is 17.3 Å². The molecular weight excluding hydrogens is 300 g/mol. The molecule has 0 aliphatic carbocycles. The molecule has 2 heterocycles. The monoisotopic (exact) mass is 316 g/mol. The smallest absolute Gasteiger partial charge is 0.175 e. The van der Waals surface area contributed by atoms with Crippen molar-refractivity contribution in [3.05, 3.63) is 46.6 Å². The number of nitrogens with one attached hydrogen (secondary N) is 1. The van der Waals surface area contributed by atoms with E-state index in [-0.39, 0.29) is 5.78 Å². The number of thioether (sulfide) groups is 1. The molecule has 0 spiro atoms. The van der Waals surface area contributed by atoms with Crippen LogP contribution in [0.25, 0.3) is 10.9 Å². The second-order valence-electron chi connectivity index (χ2n) is 4.86. The number of fused-ring (bicyclic) bond motifs is 1. The van der Waals surface area contributed by atoms with E-state index in [0.717, 1.165) is 32.9 Å². The number of H-pyrrole nitrogens is 1. The minimum Gasteiger partial charge on any atom is -0.360 e. The molecule has 108 valence electrons. The van der Waals surface area contributed by atoms with Crippen molar-refractivity contribution in [1.82, 2.24) is 9.97 Å². The van der Waals surface area contributed by atoms with E-state index >= 15 is 0 Å². The van der Waals surface area contributed by atoms with Crippen LogP contribution < -0.4 is 0 Å². The summed E-state index contributed by atoms with van der Waals surface area (Å²) in [5, 5.41) is 3.03. The molecule has 3 nitrogen and oxygen atoms in total. The summed E-state index contributed by atoms with van der Waals surface area (Å²) >= 11 is 3.10. The Kier molecular flexibility index (Phi) is 4.12. The number of Topliss-reactive ketones (excluding diaryl/α,β-unsaturated/α-hetero) is 1. The molecule has 0 aliphatic rings. The number of nitrogens with zero attached hydrogens (tertiary/aromatic N) is 1. The van der Waals surface area contributed by atoms with Gasteiger partial charge in [0.2, 0.25) is 0 Å². The van der Waals surface area contributed by atoms with Crippen molar-refractivity contribution < 1.29 is 4.79 Å². The van der Waals surface area contributed by atoms with Crippen LogP contribution in [0.15, 0.2) is 34.1 Å². The molecule has 0 aliphatic heterocycles. The van der Waals surface area contributed by atoms with Crippen LogP contribution in [0.3, 0.4) is 0 Å². The van der Waals surface area contributed by atoms with Crippen LogP contribution in [0.5, 0.6) is 0 Å². The zero-order valence-electron chi connectivity index (χ0n) is 12.0. The lowest BCUT2D eigenvalue weighted by Gasteiger charge is -2.01. The highest BCUT2D eigenvalue weighted by molar-refractivity contribution is 8.01. The zero-order valence-corrected chi connectivity index (χ0v) is 13.6. The number of carbonyl (C=O) groups excluding carboxylic acids is 1. The van der Waals surface area contributed by atoms with Crippen LogP contribution in [0.2, 0.25) is 0 Å². The molecule has 3 rings (SSSR count). The normalized spacial score (nSPS) is 11.1. The molecule has 0 unspecified atom stereocenters. The molecule has 1 aromatic carbocycles. The van der Waals surface area contributed by atoms with Gasteiger partial charge in [0.15, 0.2) is 10.1 Å². The maximum atomic E-state index is 12.4. The Balaban J connectivity index is 1.81. The third-order valence-electron chi connectivity index (χ3n) is 3.41. The molecule has 0 radical (unpaired) electrons. The molecule has 0 saturated carbocycles. The van der Waals surface area contributed by atoms with Gasteiger partial charge in [-0.2, -0.15) is 0 Å². The summed E-state index contributed by atoms with van der Waals surface area (Å²) in [4.78, 5) is 20.1. The first kappa shape index (κ1) is 14.4. The largest absolute Gasteiger partial charge is 0.360 e. The number of rotatable bonds is 5. The van der Waals surface area contributed by atoms with Gasteiger partial charge in [0.05, 0.1) is 5.75 Å². The predicted octanol–water partition coefficient (Wildman–Crippen LogP) is 4.47. The first-order chi connectivity index (χ1) is 10.2. The number of aryl methyl sites for hydroxylation is 2. The molecule has 0 fully saturated rings. The third kappa shape index (κ3) is 2.89. The molecule has 5 heteroatoms. The van der Waals surface area contributed by atoms with Gasteiger partial charge in [-0.05, 0) is 18.9 Å². The van der Waals surface area contributed by atoms with Crippen LogP contribution in [0.4, 0.5) is 0 Å². The number of aromatic amines is 1. The Bertz CT molecular complexity index is 789. The fourth-order valence-corrected chi connectivity index (χ4v) is 4.08. The van der Waals surface area contributed by atoms with Gasteiger partial charge in [-0.25, -0.2) is 4.98 Å². The number of hydrogen-bond donors (Lipinski definition) is 1. The van der Waals surface area contributed by atoms with Crippen LogP contribution in [-0.2, 0) is 6.42 Å². The van der Waals surface area contributed by atoms with E-state index in [4.69, 9.17) is 0 Å². The highest BCUT2D eigenvalue weighted by Gasteiger charge is 2.14. The van der Waals surface area contributed by atoms with Crippen molar-refractivity contribution >= 4 is 39.8 Å². The number of hydrogen-bond acceptors (Lipinski definition) is 4. The van der Waals surface area contributed by atoms with Crippen LogP contribution in [0.1, 0.15) is 28.5 Å². The highest BCUT2D eigenvalue weighted by Crippen LogP contribution is 2.26. The molecule has 0 bridgehead atoms. The van der Waals surface area contributed by atoms with Gasteiger partial charge in [0.1, 0.15) is 0 Å². The van der Waals surface area contributed by atoms with Gasteiger partial charge >= 0.3 is 0 Å². The summed E-state index contributed by atoms with van der Waals surface area (Å²) in [5.41, 5.74) is 4.11. The second kappa shape index (κ2) is 6.03. The van der Waals surface area contributed by atoms with Gasteiger partial charge in [-0.3, -0.25) is 4.79 Å². The molecular formula is C16H16N2OS2. The first-order valence-electron chi connectivity index (χ1n) is 6.86. The molecule has 3 aromatic rings. The van der Waals surface area contributed by atoms with Gasteiger partial charge in [0, 0.05) is 33.7 Å². The number of benzene rings is 1. The summed E-state index contributed by atoms with van der Waals surface area (Å²) < 4.78 is 0.954. The van der Waals surface area contributed by atoms with Gasteiger partial charge < -0.3 is 4.98 Å². The van der Waals surface area contributed by atoms with Gasteiger partial charge in [-0.15, -0.1) is 11.3 Å². The number of para-hydroxylation sites is 1. The second-order valence-corrected chi connectivity index (χ2v) is 6.94. The molecule has 1 N–H and O–H groups in total. The van der Waals surface area contributed by atoms with Crippen LogP contribution >= 0.6 is 23.1 Å². The minimum absolute atomic E-state index is 0.146. The van der Waals surface area contributed by atoms with Gasteiger partial charge in [0.25, 0.3) is 0 Å². The Hall–Kier alpha value is -1.59. The standard InChI is InChI=1S/C16H16N2OS2/c1-3-11-5-4-6-12-13(7-17-15(11)12)14(19)9-21-16-18-10(2)8-20-16/h4-8,17H,3,9H2,1-2H3. The van der Waals surface area contributed by atoms with Crippen molar-refractivity contribution in [2.75, 3.05) is 5.75 Å². The van der Waals surface area contributed by atoms with E-state index in [2.05, 4.69) is 23.0 Å². The predicted molar refractivity (Wildman–Crippen MR) is 89.6 cm³/mol. The van der Waals surface area contributed by atoms with Crippen molar-refractivity contribution in [3.8, 4) is 0 Å². The van der Waals surface area contributed by atoms with Gasteiger partial charge in [-0.1, -0.05) is 36.9 Å². The quantitative estimate of drug-likeness (QED) is 0.558. The Morgan fingerprint density at radius 3 is 3.00 bits per heavy atom. The number of aromatic nitrogens is 2. The topological polar surface area (TPSA) is 45.8 Å². The average molecular weight is 316 g/mol. The summed E-state index contributed by atoms with van der Waals surface area (Å²) in [6.45, 7) is 4.09. The molecule has 0 amide bonds. The molecule has 0 saturated heterocycles. The van der Waals surface area contributed by atoms with Crippen LogP contribution in [0, 0.1) is 6.92 Å². The van der Waals surface area contributed by atoms with Crippen molar-refractivity contribution in [2.24, 2.45) is 0 Å².